The van der Waals surface area contributed by atoms with Crippen molar-refractivity contribution in [2.75, 3.05) is 4.90 Å². The van der Waals surface area contributed by atoms with E-state index in [2.05, 4.69) is 302 Å². The first-order valence-corrected chi connectivity index (χ1v) is 26.1. The lowest BCUT2D eigenvalue weighted by Crippen LogP contribution is -2.16. The van der Waals surface area contributed by atoms with Crippen LogP contribution >= 0.6 is 0 Å². The van der Waals surface area contributed by atoms with Crippen molar-refractivity contribution in [2.24, 2.45) is 0 Å². The first-order chi connectivity index (χ1) is 36.9. The lowest BCUT2D eigenvalue weighted by molar-refractivity contribution is 0.660. The summed E-state index contributed by atoms with van der Waals surface area (Å²) in [5, 5.41) is 4.90. The van der Waals surface area contributed by atoms with E-state index in [0.717, 1.165) is 28.3 Å². The van der Waals surface area contributed by atoms with E-state index in [1.807, 2.05) is 0 Å². The molecule has 14 rings (SSSR count). The van der Waals surface area contributed by atoms with Gasteiger partial charge in [-0.25, -0.2) is 0 Å². The molecule has 12 aromatic carbocycles. The van der Waals surface area contributed by atoms with Crippen LogP contribution in [0.25, 0.3) is 105 Å². The quantitative estimate of drug-likeness (QED) is 0.140. The van der Waals surface area contributed by atoms with Gasteiger partial charge in [0.15, 0.2) is 0 Å². The number of rotatable bonds is 9. The van der Waals surface area contributed by atoms with Crippen LogP contribution in [-0.2, 0) is 5.41 Å². The van der Waals surface area contributed by atoms with Gasteiger partial charge in [0, 0.05) is 38.9 Å². The van der Waals surface area contributed by atoms with Crippen molar-refractivity contribution in [3.63, 3.8) is 0 Å². The summed E-state index contributed by atoms with van der Waals surface area (Å²) in [7, 11) is 0. The number of aromatic nitrogens is 1. The molecule has 1 aliphatic carbocycles. The van der Waals surface area contributed by atoms with Crippen molar-refractivity contribution >= 4 is 49.6 Å². The first kappa shape index (κ1) is 44.2. The molecule has 75 heavy (non-hydrogen) atoms. The SMILES string of the molecule is CC1(C)c2ccccc2-c2ccc(N(c3ccccc3)c3cccc(-c4ccccc4-c4ccc5c(c4)c4ccccc4n5-c4cc(-c5ccc(-c6ccccc6)cc5)cc(-c5ccc6ccccc6c5)c4)c3)cc21. The van der Waals surface area contributed by atoms with Gasteiger partial charge >= 0.3 is 0 Å². The fraction of sp³-hybridized carbons (Fsp3) is 0.0411. The maximum absolute atomic E-state index is 2.47. The maximum atomic E-state index is 2.47. The number of hydrogen-bond acceptors (Lipinski definition) is 1. The minimum Gasteiger partial charge on any atom is -0.310 e. The highest BCUT2D eigenvalue weighted by atomic mass is 15.1. The first-order valence-electron chi connectivity index (χ1n) is 26.1. The summed E-state index contributed by atoms with van der Waals surface area (Å²) in [5.41, 5.74) is 24.0. The lowest BCUT2D eigenvalue weighted by atomic mass is 9.82. The molecule has 13 aromatic rings. The van der Waals surface area contributed by atoms with E-state index in [9.17, 15) is 0 Å². The van der Waals surface area contributed by atoms with E-state index in [1.54, 1.807) is 0 Å². The van der Waals surface area contributed by atoms with Crippen LogP contribution in [0, 0.1) is 0 Å². The minimum atomic E-state index is -0.112. The Kier molecular flexibility index (Phi) is 10.6. The van der Waals surface area contributed by atoms with Crippen LogP contribution in [0.15, 0.2) is 279 Å². The molecular formula is C73H52N2. The third kappa shape index (κ3) is 7.65. The van der Waals surface area contributed by atoms with E-state index < -0.39 is 0 Å². The summed E-state index contributed by atoms with van der Waals surface area (Å²) in [6, 6.07) is 103. The summed E-state index contributed by atoms with van der Waals surface area (Å²) >= 11 is 0. The van der Waals surface area contributed by atoms with Crippen molar-refractivity contribution in [3.8, 4) is 72.4 Å². The fourth-order valence-electron chi connectivity index (χ4n) is 12.0. The van der Waals surface area contributed by atoms with Gasteiger partial charge in [-0.05, 0) is 168 Å². The minimum absolute atomic E-state index is 0.112. The van der Waals surface area contributed by atoms with Crippen molar-refractivity contribution in [1.82, 2.24) is 4.57 Å². The van der Waals surface area contributed by atoms with Gasteiger partial charge in [-0.2, -0.15) is 0 Å². The molecule has 2 heteroatoms. The second-order valence-corrected chi connectivity index (χ2v) is 20.5. The van der Waals surface area contributed by atoms with Gasteiger partial charge in [-0.3, -0.25) is 0 Å². The molecule has 0 unspecified atom stereocenters. The van der Waals surface area contributed by atoms with Crippen LogP contribution < -0.4 is 4.90 Å². The van der Waals surface area contributed by atoms with Gasteiger partial charge < -0.3 is 9.47 Å². The lowest BCUT2D eigenvalue weighted by Gasteiger charge is -2.28. The molecule has 1 heterocycles. The smallest absolute Gasteiger partial charge is 0.0541 e. The zero-order valence-corrected chi connectivity index (χ0v) is 42.0. The molecule has 0 aliphatic heterocycles. The summed E-state index contributed by atoms with van der Waals surface area (Å²) in [6.07, 6.45) is 0. The molecule has 0 N–H and O–H groups in total. The second kappa shape index (κ2) is 17.9. The summed E-state index contributed by atoms with van der Waals surface area (Å²) in [5.74, 6) is 0. The third-order valence-electron chi connectivity index (χ3n) is 15.7. The molecule has 0 atom stereocenters. The van der Waals surface area contributed by atoms with Gasteiger partial charge in [0.05, 0.1) is 11.0 Å². The number of anilines is 3. The van der Waals surface area contributed by atoms with Gasteiger partial charge in [0.1, 0.15) is 0 Å². The largest absolute Gasteiger partial charge is 0.310 e. The van der Waals surface area contributed by atoms with Gasteiger partial charge in [0.2, 0.25) is 0 Å². The molecule has 2 nitrogen and oxygen atoms in total. The molecule has 0 bridgehead atoms. The molecule has 0 saturated heterocycles. The van der Waals surface area contributed by atoms with Crippen LogP contribution in [0.3, 0.4) is 0 Å². The van der Waals surface area contributed by atoms with Crippen molar-refractivity contribution in [3.05, 3.63) is 290 Å². The average molecular weight is 957 g/mol. The molecule has 0 saturated carbocycles. The number of benzene rings is 12. The molecule has 0 amide bonds. The zero-order valence-electron chi connectivity index (χ0n) is 42.0. The Hall–Kier alpha value is -9.50. The monoisotopic (exact) mass is 956 g/mol. The van der Waals surface area contributed by atoms with Gasteiger partial charge in [-0.1, -0.05) is 214 Å². The highest BCUT2D eigenvalue weighted by molar-refractivity contribution is 6.11. The Labute approximate surface area is 438 Å². The molecule has 0 spiro atoms. The number of hydrogen-bond donors (Lipinski definition) is 0. The number of fused-ring (bicyclic) bond motifs is 7. The van der Waals surface area contributed by atoms with Crippen LogP contribution in [0.1, 0.15) is 25.0 Å². The predicted octanol–water partition coefficient (Wildman–Crippen LogP) is 20.0. The maximum Gasteiger partial charge on any atom is 0.0541 e. The summed E-state index contributed by atoms with van der Waals surface area (Å²) < 4.78 is 2.47. The van der Waals surface area contributed by atoms with Crippen molar-refractivity contribution < 1.29 is 0 Å². The van der Waals surface area contributed by atoms with E-state index in [4.69, 9.17) is 0 Å². The van der Waals surface area contributed by atoms with E-state index in [0.29, 0.717) is 0 Å². The van der Waals surface area contributed by atoms with Crippen LogP contribution in [0.2, 0.25) is 0 Å². The normalized spacial score (nSPS) is 12.5. The molecule has 0 fully saturated rings. The Morgan fingerprint density at radius 3 is 1.60 bits per heavy atom. The van der Waals surface area contributed by atoms with Crippen molar-refractivity contribution in [1.29, 1.82) is 0 Å². The molecule has 0 radical (unpaired) electrons. The van der Waals surface area contributed by atoms with E-state index >= 15 is 0 Å². The van der Waals surface area contributed by atoms with Gasteiger partial charge in [-0.15, -0.1) is 0 Å². The standard InChI is InChI=1S/C73H52N2/c1-73(2)69-30-15-13-28-65(69)66-40-39-61(48-70(66)73)74(59-23-7-4-8-24-59)60-25-17-22-55(44-60)63-26-11-12-27-64(63)56-38-41-72-68(47-56)67-29-14-16-31-71(67)75(72)62-45-57(52-34-32-51(33-35-52)49-18-5-3-6-19-49)43-58(46-62)54-37-36-50-20-9-10-21-53(50)42-54/h3-48H,1-2H3. The molecule has 1 aliphatic rings. The van der Waals surface area contributed by atoms with Crippen LogP contribution in [0.4, 0.5) is 17.1 Å². The topological polar surface area (TPSA) is 8.17 Å². The zero-order chi connectivity index (χ0) is 50.0. The number of nitrogens with zero attached hydrogens (tertiary/aromatic N) is 2. The Morgan fingerprint density at radius 2 is 0.813 bits per heavy atom. The van der Waals surface area contributed by atoms with Gasteiger partial charge in [0.25, 0.3) is 0 Å². The number of para-hydroxylation sites is 2. The fourth-order valence-corrected chi connectivity index (χ4v) is 12.0. The van der Waals surface area contributed by atoms with E-state index in [-0.39, 0.29) is 5.41 Å². The second-order valence-electron chi connectivity index (χ2n) is 20.5. The highest BCUT2D eigenvalue weighted by Gasteiger charge is 2.36. The molecular weight excluding hydrogens is 905 g/mol. The van der Waals surface area contributed by atoms with E-state index in [1.165, 1.54) is 105 Å². The highest BCUT2D eigenvalue weighted by Crippen LogP contribution is 2.51. The van der Waals surface area contributed by atoms with Crippen LogP contribution in [0.5, 0.6) is 0 Å². The molecule has 354 valence electrons. The van der Waals surface area contributed by atoms with Crippen LogP contribution in [-0.4, -0.2) is 4.57 Å². The summed E-state index contributed by atoms with van der Waals surface area (Å²) in [6.45, 7) is 4.71. The third-order valence-corrected chi connectivity index (χ3v) is 15.7. The molecule has 1 aromatic heterocycles. The summed E-state index contributed by atoms with van der Waals surface area (Å²) in [4.78, 5) is 2.41. The van der Waals surface area contributed by atoms with Crippen molar-refractivity contribution in [2.45, 2.75) is 19.3 Å². The Morgan fingerprint density at radius 1 is 0.280 bits per heavy atom. The average Bonchev–Trinajstić information content (AvgIpc) is 3.98. The predicted molar refractivity (Wildman–Crippen MR) is 318 cm³/mol. The Bertz CT molecular complexity index is 4310. The Balaban J connectivity index is 0.882.